The monoisotopic (exact) mass is 360 g/mol. The summed E-state index contributed by atoms with van der Waals surface area (Å²) in [5.74, 6) is 1.57. The molecule has 124 valence electrons. The lowest BCUT2D eigenvalue weighted by Gasteiger charge is -2.17. The summed E-state index contributed by atoms with van der Waals surface area (Å²) >= 11 is 12.2. The zero-order valence-corrected chi connectivity index (χ0v) is 15.0. The van der Waals surface area contributed by atoms with Crippen LogP contribution in [0.15, 0.2) is 48.5 Å². The third-order valence-corrected chi connectivity index (χ3v) is 4.25. The van der Waals surface area contributed by atoms with E-state index in [1.807, 2.05) is 42.5 Å². The van der Waals surface area contributed by atoms with Crippen LogP contribution in [0, 0.1) is 0 Å². The molecule has 1 unspecified atom stereocenters. The van der Waals surface area contributed by atoms with Crippen molar-refractivity contribution in [1.82, 2.24) is 4.98 Å². The molecule has 0 saturated heterocycles. The Hall–Kier alpha value is -1.97. The number of nitrogens with zero attached hydrogens (tertiary/aromatic N) is 1. The van der Waals surface area contributed by atoms with Crippen LogP contribution >= 0.6 is 23.2 Å². The van der Waals surface area contributed by atoms with Crippen molar-refractivity contribution in [3.8, 4) is 5.75 Å². The molecule has 0 aliphatic carbocycles. The Labute approximate surface area is 151 Å². The van der Waals surface area contributed by atoms with Gasteiger partial charge in [0.2, 0.25) is 0 Å². The lowest BCUT2D eigenvalue weighted by atomic mass is 10.1. The van der Waals surface area contributed by atoms with Gasteiger partial charge in [-0.15, -0.1) is 0 Å². The van der Waals surface area contributed by atoms with E-state index >= 15 is 0 Å². The molecule has 1 N–H and O–H groups in total. The van der Waals surface area contributed by atoms with E-state index in [-0.39, 0.29) is 6.04 Å². The van der Waals surface area contributed by atoms with Gasteiger partial charge < -0.3 is 10.1 Å². The average molecular weight is 361 g/mol. The van der Waals surface area contributed by atoms with Crippen LogP contribution in [-0.2, 0) is 6.42 Å². The molecule has 0 bridgehead atoms. The average Bonchev–Trinajstić information content (AvgIpc) is 2.53. The van der Waals surface area contributed by atoms with Crippen molar-refractivity contribution in [1.29, 1.82) is 0 Å². The van der Waals surface area contributed by atoms with Crippen LogP contribution in [0.2, 0.25) is 10.2 Å². The van der Waals surface area contributed by atoms with Crippen molar-refractivity contribution in [2.75, 3.05) is 12.4 Å². The van der Waals surface area contributed by atoms with E-state index in [0.29, 0.717) is 5.15 Å². The second kappa shape index (κ2) is 7.29. The van der Waals surface area contributed by atoms with Gasteiger partial charge in [-0.3, -0.25) is 0 Å². The van der Waals surface area contributed by atoms with E-state index in [2.05, 4.69) is 23.3 Å². The van der Waals surface area contributed by atoms with Crippen LogP contribution in [0.1, 0.15) is 12.5 Å². The number of halogens is 2. The van der Waals surface area contributed by atoms with E-state index < -0.39 is 0 Å². The molecular formula is C19H18Cl2N2O. The smallest absolute Gasteiger partial charge is 0.135 e. The summed E-state index contributed by atoms with van der Waals surface area (Å²) in [7, 11) is 1.65. The van der Waals surface area contributed by atoms with Gasteiger partial charge in [0.25, 0.3) is 0 Å². The Morgan fingerprint density at radius 1 is 1.12 bits per heavy atom. The highest BCUT2D eigenvalue weighted by molar-refractivity contribution is 6.30. The molecule has 0 radical (unpaired) electrons. The number of benzene rings is 2. The summed E-state index contributed by atoms with van der Waals surface area (Å²) < 4.78 is 5.28. The summed E-state index contributed by atoms with van der Waals surface area (Å²) in [5, 5.41) is 6.66. The standard InChI is InChI=1S/C19H18Cl2N2O/c1-12(8-13-4-3-5-15(20)9-13)22-19-17-7-6-16(24-2)10-14(17)11-18(21)23-19/h3-7,9-12H,8H2,1-2H3,(H,22,23). The largest absolute Gasteiger partial charge is 0.497 e. The summed E-state index contributed by atoms with van der Waals surface area (Å²) in [6.07, 6.45) is 0.840. The molecule has 24 heavy (non-hydrogen) atoms. The van der Waals surface area contributed by atoms with Crippen LogP contribution in [-0.4, -0.2) is 18.1 Å². The second-order valence-corrected chi connectivity index (χ2v) is 6.58. The summed E-state index contributed by atoms with van der Waals surface area (Å²) in [5.41, 5.74) is 1.18. The van der Waals surface area contributed by atoms with Gasteiger partial charge in [-0.1, -0.05) is 35.3 Å². The maximum Gasteiger partial charge on any atom is 0.135 e. The molecule has 0 saturated carbocycles. The van der Waals surface area contributed by atoms with Gasteiger partial charge in [0.1, 0.15) is 16.7 Å². The molecule has 0 spiro atoms. The maximum atomic E-state index is 6.17. The topological polar surface area (TPSA) is 34.1 Å². The van der Waals surface area contributed by atoms with E-state index in [1.165, 1.54) is 5.56 Å². The van der Waals surface area contributed by atoms with E-state index in [1.54, 1.807) is 7.11 Å². The van der Waals surface area contributed by atoms with Crippen molar-refractivity contribution in [3.63, 3.8) is 0 Å². The van der Waals surface area contributed by atoms with Gasteiger partial charge >= 0.3 is 0 Å². The number of rotatable bonds is 5. The number of hydrogen-bond donors (Lipinski definition) is 1. The third-order valence-electron chi connectivity index (χ3n) is 3.82. The molecule has 3 nitrogen and oxygen atoms in total. The molecule has 3 rings (SSSR count). The van der Waals surface area contributed by atoms with Crippen molar-refractivity contribution in [3.05, 3.63) is 64.3 Å². The Morgan fingerprint density at radius 2 is 1.96 bits per heavy atom. The molecule has 1 aromatic heterocycles. The molecule has 0 fully saturated rings. The minimum absolute atomic E-state index is 0.180. The molecule has 1 atom stereocenters. The first kappa shape index (κ1) is 16.9. The fourth-order valence-corrected chi connectivity index (χ4v) is 3.16. The van der Waals surface area contributed by atoms with Crippen LogP contribution in [0.25, 0.3) is 10.8 Å². The van der Waals surface area contributed by atoms with Gasteiger partial charge in [0.15, 0.2) is 0 Å². The Bertz CT molecular complexity index is 867. The number of methoxy groups -OCH3 is 1. The van der Waals surface area contributed by atoms with Crippen LogP contribution < -0.4 is 10.1 Å². The lowest BCUT2D eigenvalue weighted by molar-refractivity contribution is 0.415. The number of hydrogen-bond acceptors (Lipinski definition) is 3. The van der Waals surface area contributed by atoms with E-state index in [4.69, 9.17) is 27.9 Å². The van der Waals surface area contributed by atoms with Crippen molar-refractivity contribution in [2.45, 2.75) is 19.4 Å². The number of aromatic nitrogens is 1. The van der Waals surface area contributed by atoms with Crippen molar-refractivity contribution < 1.29 is 4.74 Å². The maximum absolute atomic E-state index is 6.17. The fraction of sp³-hybridized carbons (Fsp3) is 0.211. The minimum Gasteiger partial charge on any atom is -0.497 e. The first-order valence-corrected chi connectivity index (χ1v) is 8.46. The fourth-order valence-electron chi connectivity index (χ4n) is 2.74. The Kier molecular flexibility index (Phi) is 5.12. The van der Waals surface area contributed by atoms with Crippen molar-refractivity contribution in [2.24, 2.45) is 0 Å². The summed E-state index contributed by atoms with van der Waals surface area (Å²) in [4.78, 5) is 4.44. The summed E-state index contributed by atoms with van der Waals surface area (Å²) in [6, 6.07) is 15.8. The number of ether oxygens (including phenoxy) is 1. The molecule has 1 heterocycles. The third kappa shape index (κ3) is 3.92. The molecule has 3 aromatic rings. The highest BCUT2D eigenvalue weighted by Gasteiger charge is 2.10. The van der Waals surface area contributed by atoms with Gasteiger partial charge in [-0.25, -0.2) is 4.98 Å². The van der Waals surface area contributed by atoms with Crippen LogP contribution in [0.4, 0.5) is 5.82 Å². The molecule has 0 amide bonds. The van der Waals surface area contributed by atoms with E-state index in [9.17, 15) is 0 Å². The SMILES string of the molecule is COc1ccc2c(NC(C)Cc3cccc(Cl)c3)nc(Cl)cc2c1. The highest BCUT2D eigenvalue weighted by atomic mass is 35.5. The van der Waals surface area contributed by atoms with E-state index in [0.717, 1.165) is 33.8 Å². The predicted octanol–water partition coefficient (Wildman–Crippen LogP) is 5.59. The van der Waals surface area contributed by atoms with Crippen molar-refractivity contribution >= 4 is 39.8 Å². The van der Waals surface area contributed by atoms with Gasteiger partial charge in [-0.2, -0.15) is 0 Å². The molecule has 5 heteroatoms. The number of nitrogens with one attached hydrogen (secondary N) is 1. The predicted molar refractivity (Wildman–Crippen MR) is 102 cm³/mol. The molecular weight excluding hydrogens is 343 g/mol. The number of pyridine rings is 1. The zero-order chi connectivity index (χ0) is 17.1. The Balaban J connectivity index is 1.86. The normalized spacial score (nSPS) is 12.2. The number of fused-ring (bicyclic) bond motifs is 1. The Morgan fingerprint density at radius 3 is 2.71 bits per heavy atom. The summed E-state index contributed by atoms with van der Waals surface area (Å²) in [6.45, 7) is 2.11. The lowest BCUT2D eigenvalue weighted by Crippen LogP contribution is -2.19. The first-order chi connectivity index (χ1) is 11.5. The zero-order valence-electron chi connectivity index (χ0n) is 13.5. The van der Waals surface area contributed by atoms with Gasteiger partial charge in [0.05, 0.1) is 7.11 Å². The van der Waals surface area contributed by atoms with Crippen LogP contribution in [0.3, 0.4) is 0 Å². The van der Waals surface area contributed by atoms with Gasteiger partial charge in [0, 0.05) is 16.5 Å². The molecule has 0 aliphatic heterocycles. The second-order valence-electron chi connectivity index (χ2n) is 5.76. The highest BCUT2D eigenvalue weighted by Crippen LogP contribution is 2.29. The quantitative estimate of drug-likeness (QED) is 0.601. The molecule has 0 aliphatic rings. The van der Waals surface area contributed by atoms with Gasteiger partial charge in [-0.05, 0) is 60.7 Å². The first-order valence-electron chi connectivity index (χ1n) is 7.70. The number of anilines is 1. The minimum atomic E-state index is 0.180. The molecule has 2 aromatic carbocycles. The van der Waals surface area contributed by atoms with Crippen LogP contribution in [0.5, 0.6) is 5.75 Å².